The van der Waals surface area contributed by atoms with Gasteiger partial charge in [0.1, 0.15) is 5.82 Å². The molecule has 0 aliphatic heterocycles. The van der Waals surface area contributed by atoms with Crippen LogP contribution in [0.5, 0.6) is 0 Å². The van der Waals surface area contributed by atoms with Crippen LogP contribution in [-0.2, 0) is 0 Å². The van der Waals surface area contributed by atoms with Gasteiger partial charge in [0, 0.05) is 23.1 Å². The first-order chi connectivity index (χ1) is 8.63. The molecule has 0 amide bonds. The average molecular weight is 249 g/mol. The predicted octanol–water partition coefficient (Wildman–Crippen LogP) is 5.48. The Kier molecular flexibility index (Phi) is 5.39. The Hall–Kier alpha value is -1.31. The first kappa shape index (κ1) is 14.7. The van der Waals surface area contributed by atoms with Crippen LogP contribution >= 0.6 is 0 Å². The third-order valence-electron chi connectivity index (χ3n) is 3.18. The van der Waals surface area contributed by atoms with Crippen molar-refractivity contribution < 1.29 is 4.39 Å². The van der Waals surface area contributed by atoms with Gasteiger partial charge in [-0.15, -0.1) is 0 Å². The Labute approximate surface area is 110 Å². The highest BCUT2D eigenvalue weighted by Gasteiger charge is 2.10. The van der Waals surface area contributed by atoms with Crippen LogP contribution < -0.4 is 0 Å². The largest absolute Gasteiger partial charge is 0.344 e. The van der Waals surface area contributed by atoms with Crippen LogP contribution in [0.1, 0.15) is 52.1 Å². The van der Waals surface area contributed by atoms with Gasteiger partial charge in [0.25, 0.3) is 0 Å². The molecule has 0 bridgehead atoms. The Morgan fingerprint density at radius 3 is 2.56 bits per heavy atom. The zero-order valence-electron chi connectivity index (χ0n) is 12.1. The zero-order chi connectivity index (χ0) is 13.7. The molecule has 2 heteroatoms. The molecule has 0 saturated heterocycles. The Morgan fingerprint density at radius 1 is 1.28 bits per heavy atom. The lowest BCUT2D eigenvalue weighted by molar-refractivity contribution is 0.514. The second-order valence-corrected chi connectivity index (χ2v) is 4.52. The van der Waals surface area contributed by atoms with Crippen molar-refractivity contribution in [3.8, 4) is 0 Å². The summed E-state index contributed by atoms with van der Waals surface area (Å²) in [6.07, 6.45) is 4.45. The summed E-state index contributed by atoms with van der Waals surface area (Å²) in [6, 6.07) is 5.52. The van der Waals surface area contributed by atoms with Gasteiger partial charge in [0.15, 0.2) is 0 Å². The van der Waals surface area contributed by atoms with E-state index in [2.05, 4.69) is 24.6 Å². The lowest BCUT2D eigenvalue weighted by atomic mass is 10.2. The van der Waals surface area contributed by atoms with E-state index in [-0.39, 0.29) is 5.82 Å². The van der Waals surface area contributed by atoms with Gasteiger partial charge in [-0.3, -0.25) is 0 Å². The number of nitrogens with zero attached hydrogens (tertiary/aromatic N) is 1. The topological polar surface area (TPSA) is 4.93 Å². The molecule has 100 valence electrons. The van der Waals surface area contributed by atoms with Crippen molar-refractivity contribution in [2.24, 2.45) is 0 Å². The Morgan fingerprint density at radius 2 is 1.94 bits per heavy atom. The van der Waals surface area contributed by atoms with Crippen molar-refractivity contribution in [3.05, 3.63) is 35.8 Å². The molecule has 0 saturated carbocycles. The van der Waals surface area contributed by atoms with E-state index in [9.17, 15) is 4.39 Å². The van der Waals surface area contributed by atoms with Gasteiger partial charge in [-0.05, 0) is 44.0 Å². The monoisotopic (exact) mass is 249 g/mol. The van der Waals surface area contributed by atoms with Crippen molar-refractivity contribution in [1.82, 2.24) is 4.57 Å². The van der Waals surface area contributed by atoms with Gasteiger partial charge in [-0.2, -0.15) is 0 Å². The van der Waals surface area contributed by atoms with Crippen LogP contribution in [0, 0.1) is 12.7 Å². The molecular weight excluding hydrogens is 225 g/mol. The molecule has 1 heterocycles. The first-order valence-electron chi connectivity index (χ1n) is 6.90. The Balaban J connectivity index is 0.000000771. The summed E-state index contributed by atoms with van der Waals surface area (Å²) in [5.41, 5.74) is 2.29. The SMILES string of the molecule is CC.CCCC(C)n1cc(C)c2cc(F)ccc21. The number of halogens is 1. The van der Waals surface area contributed by atoms with Crippen molar-refractivity contribution >= 4 is 10.9 Å². The summed E-state index contributed by atoms with van der Waals surface area (Å²) >= 11 is 0. The summed E-state index contributed by atoms with van der Waals surface area (Å²) in [6.45, 7) is 10.4. The average Bonchev–Trinajstić information content (AvgIpc) is 2.69. The lowest BCUT2D eigenvalue weighted by Crippen LogP contribution is -2.02. The zero-order valence-corrected chi connectivity index (χ0v) is 12.1. The number of rotatable bonds is 3. The molecule has 1 unspecified atom stereocenters. The fraction of sp³-hybridized carbons (Fsp3) is 0.500. The smallest absolute Gasteiger partial charge is 0.123 e. The summed E-state index contributed by atoms with van der Waals surface area (Å²) in [5, 5.41) is 1.03. The minimum Gasteiger partial charge on any atom is -0.344 e. The van der Waals surface area contributed by atoms with Gasteiger partial charge in [0.05, 0.1) is 0 Å². The van der Waals surface area contributed by atoms with Crippen molar-refractivity contribution in [2.75, 3.05) is 0 Å². The molecule has 1 nitrogen and oxygen atoms in total. The van der Waals surface area contributed by atoms with Crippen LogP contribution in [0.4, 0.5) is 4.39 Å². The summed E-state index contributed by atoms with van der Waals surface area (Å²) < 4.78 is 15.4. The standard InChI is InChI=1S/C14H18FN.C2H6/c1-4-5-11(3)16-9-10(2)13-8-12(15)6-7-14(13)16;1-2/h6-9,11H,4-5H2,1-3H3;1-2H3. The van der Waals surface area contributed by atoms with Gasteiger partial charge >= 0.3 is 0 Å². The van der Waals surface area contributed by atoms with Gasteiger partial charge < -0.3 is 4.57 Å². The lowest BCUT2D eigenvalue weighted by Gasteiger charge is -2.14. The third-order valence-corrected chi connectivity index (χ3v) is 3.18. The molecule has 0 fully saturated rings. The van der Waals surface area contributed by atoms with Crippen LogP contribution in [0.3, 0.4) is 0 Å². The molecule has 1 aromatic carbocycles. The molecule has 0 radical (unpaired) electrons. The van der Waals surface area contributed by atoms with E-state index in [4.69, 9.17) is 0 Å². The first-order valence-corrected chi connectivity index (χ1v) is 6.90. The molecule has 1 aromatic heterocycles. The molecule has 0 N–H and O–H groups in total. The van der Waals surface area contributed by atoms with Gasteiger partial charge in [-0.25, -0.2) is 4.39 Å². The number of benzene rings is 1. The maximum Gasteiger partial charge on any atom is 0.123 e. The molecule has 2 aromatic rings. The quantitative estimate of drug-likeness (QED) is 0.679. The van der Waals surface area contributed by atoms with E-state index in [1.165, 1.54) is 12.5 Å². The highest BCUT2D eigenvalue weighted by Crippen LogP contribution is 2.26. The van der Waals surface area contributed by atoms with E-state index in [0.717, 1.165) is 22.9 Å². The number of hydrogen-bond donors (Lipinski definition) is 0. The van der Waals surface area contributed by atoms with Crippen LogP contribution in [0.25, 0.3) is 10.9 Å². The normalized spacial score (nSPS) is 12.1. The number of aryl methyl sites for hydroxylation is 1. The molecular formula is C16H24FN. The molecule has 1 atom stereocenters. The summed E-state index contributed by atoms with van der Waals surface area (Å²) in [4.78, 5) is 0. The van der Waals surface area contributed by atoms with Crippen LogP contribution in [0.2, 0.25) is 0 Å². The van der Waals surface area contributed by atoms with Crippen LogP contribution in [-0.4, -0.2) is 4.57 Å². The Bertz CT molecular complexity index is 499. The van der Waals surface area contributed by atoms with Crippen molar-refractivity contribution in [1.29, 1.82) is 0 Å². The minimum absolute atomic E-state index is 0.156. The van der Waals surface area contributed by atoms with Gasteiger partial charge in [0.2, 0.25) is 0 Å². The second kappa shape index (κ2) is 6.58. The third kappa shape index (κ3) is 2.92. The highest BCUT2D eigenvalue weighted by molar-refractivity contribution is 5.83. The molecule has 0 aliphatic rings. The van der Waals surface area contributed by atoms with Crippen molar-refractivity contribution in [3.63, 3.8) is 0 Å². The number of aromatic nitrogens is 1. The molecule has 18 heavy (non-hydrogen) atoms. The molecule has 2 rings (SSSR count). The maximum absolute atomic E-state index is 13.2. The van der Waals surface area contributed by atoms with E-state index in [1.807, 2.05) is 26.8 Å². The van der Waals surface area contributed by atoms with Gasteiger partial charge in [-0.1, -0.05) is 27.2 Å². The molecule has 0 spiro atoms. The second-order valence-electron chi connectivity index (χ2n) is 4.52. The van der Waals surface area contributed by atoms with E-state index in [0.29, 0.717) is 6.04 Å². The summed E-state index contributed by atoms with van der Waals surface area (Å²) in [5.74, 6) is -0.156. The highest BCUT2D eigenvalue weighted by atomic mass is 19.1. The number of fused-ring (bicyclic) bond motifs is 1. The fourth-order valence-corrected chi connectivity index (χ4v) is 2.32. The van der Waals surface area contributed by atoms with Crippen LogP contribution in [0.15, 0.2) is 24.4 Å². The predicted molar refractivity (Wildman–Crippen MR) is 77.6 cm³/mol. The molecule has 0 aliphatic carbocycles. The van der Waals surface area contributed by atoms with Crippen molar-refractivity contribution in [2.45, 2.75) is 53.5 Å². The number of hydrogen-bond acceptors (Lipinski definition) is 0. The van der Waals surface area contributed by atoms with E-state index < -0.39 is 0 Å². The van der Waals surface area contributed by atoms with E-state index >= 15 is 0 Å². The minimum atomic E-state index is -0.156. The summed E-state index contributed by atoms with van der Waals surface area (Å²) in [7, 11) is 0. The fourth-order valence-electron chi connectivity index (χ4n) is 2.32. The van der Waals surface area contributed by atoms with E-state index in [1.54, 1.807) is 6.07 Å². The maximum atomic E-state index is 13.2.